The van der Waals surface area contributed by atoms with E-state index >= 15 is 0 Å². The monoisotopic (exact) mass is 132 g/mol. The molecule has 0 aromatic heterocycles. The minimum atomic E-state index is 0.165. The Bertz CT molecular complexity index is 229. The van der Waals surface area contributed by atoms with Crippen molar-refractivity contribution in [3.05, 3.63) is 34.8 Å². The number of nitrogens with zero attached hydrogens (tertiary/aromatic N) is 2. The highest BCUT2D eigenvalue weighted by Crippen LogP contribution is 2.04. The smallest absolute Gasteiger partial charge is 0.226 e. The zero-order valence-electron chi connectivity index (χ0n) is 6.05. The van der Waals surface area contributed by atoms with Crippen LogP contribution in [0.1, 0.15) is 13.8 Å². The second kappa shape index (κ2) is 4.35. The summed E-state index contributed by atoms with van der Waals surface area (Å²) in [6.07, 6.45) is 3.55. The van der Waals surface area contributed by atoms with Gasteiger partial charge in [0, 0.05) is 0 Å². The van der Waals surface area contributed by atoms with Crippen molar-refractivity contribution in [1.29, 1.82) is 5.26 Å². The second-order valence-electron chi connectivity index (χ2n) is 1.76. The maximum atomic E-state index is 8.37. The van der Waals surface area contributed by atoms with Crippen LogP contribution in [-0.4, -0.2) is 0 Å². The van der Waals surface area contributed by atoms with E-state index in [9.17, 15) is 0 Å². The third-order valence-electron chi connectivity index (χ3n) is 1.01. The Balaban J connectivity index is 4.70. The lowest BCUT2D eigenvalue weighted by Gasteiger charge is -1.87. The molecule has 10 heavy (non-hydrogen) atoms. The van der Waals surface area contributed by atoms with E-state index < -0.39 is 0 Å². The lowest BCUT2D eigenvalue weighted by atomic mass is 10.2. The van der Waals surface area contributed by atoms with Crippen molar-refractivity contribution in [2.75, 3.05) is 0 Å². The molecule has 0 radical (unpaired) electrons. The molecule has 0 amide bonds. The molecule has 0 unspecified atom stereocenters. The van der Waals surface area contributed by atoms with E-state index in [-0.39, 0.29) is 5.70 Å². The molecule has 0 spiro atoms. The number of hydrogen-bond acceptors (Lipinski definition) is 1. The average molecular weight is 132 g/mol. The highest BCUT2D eigenvalue weighted by Gasteiger charge is 1.94. The third-order valence-corrected chi connectivity index (χ3v) is 1.01. The summed E-state index contributed by atoms with van der Waals surface area (Å²) >= 11 is 0. The van der Waals surface area contributed by atoms with Gasteiger partial charge in [-0.15, -0.1) is 0 Å². The Morgan fingerprint density at radius 1 is 1.70 bits per heavy atom. The van der Waals surface area contributed by atoms with Gasteiger partial charge >= 0.3 is 0 Å². The summed E-state index contributed by atoms with van der Waals surface area (Å²) in [5.74, 6) is 0. The third kappa shape index (κ3) is 2.15. The normalized spacial score (nSPS) is 12.0. The molecule has 0 fully saturated rings. The van der Waals surface area contributed by atoms with E-state index in [0.717, 1.165) is 5.57 Å². The van der Waals surface area contributed by atoms with Crippen molar-refractivity contribution in [3.8, 4) is 6.07 Å². The number of hydrogen-bond donors (Lipinski definition) is 0. The largest absolute Gasteiger partial charge is 0.264 e. The Labute approximate surface area is 60.9 Å². The van der Waals surface area contributed by atoms with Crippen molar-refractivity contribution in [2.45, 2.75) is 13.8 Å². The van der Waals surface area contributed by atoms with E-state index in [1.807, 2.05) is 13.0 Å². The van der Waals surface area contributed by atoms with Crippen molar-refractivity contribution < 1.29 is 0 Å². The number of nitriles is 1. The summed E-state index contributed by atoms with van der Waals surface area (Å²) in [5.41, 5.74) is 0.887. The maximum Gasteiger partial charge on any atom is 0.264 e. The van der Waals surface area contributed by atoms with Gasteiger partial charge in [0.25, 0.3) is 5.70 Å². The van der Waals surface area contributed by atoms with Gasteiger partial charge in [0.05, 0.1) is 12.6 Å². The van der Waals surface area contributed by atoms with Crippen molar-refractivity contribution in [1.82, 2.24) is 0 Å². The molecular weight excluding hydrogens is 124 g/mol. The quantitative estimate of drug-likeness (QED) is 0.305. The minimum Gasteiger partial charge on any atom is -0.226 e. The van der Waals surface area contributed by atoms with Crippen LogP contribution in [0.25, 0.3) is 4.85 Å². The summed E-state index contributed by atoms with van der Waals surface area (Å²) < 4.78 is 0. The number of rotatable bonds is 1. The second-order valence-corrected chi connectivity index (χ2v) is 1.76. The molecule has 2 heteroatoms. The molecular formula is C8H8N2. The fourth-order valence-electron chi connectivity index (χ4n) is 0.530. The van der Waals surface area contributed by atoms with Crippen LogP contribution in [0.4, 0.5) is 0 Å². The molecule has 0 saturated carbocycles. The van der Waals surface area contributed by atoms with E-state index in [1.54, 1.807) is 19.1 Å². The van der Waals surface area contributed by atoms with Crippen molar-refractivity contribution >= 4 is 0 Å². The first-order chi connectivity index (χ1) is 4.76. The van der Waals surface area contributed by atoms with Crippen LogP contribution in [0.15, 0.2) is 23.4 Å². The van der Waals surface area contributed by atoms with E-state index in [1.165, 1.54) is 0 Å². The highest BCUT2D eigenvalue weighted by atomic mass is 14.7. The zero-order valence-corrected chi connectivity index (χ0v) is 6.05. The van der Waals surface area contributed by atoms with Gasteiger partial charge in [-0.05, 0) is 19.4 Å². The lowest BCUT2D eigenvalue weighted by molar-refractivity contribution is 1.41. The Hall–Kier alpha value is -1.54. The van der Waals surface area contributed by atoms with Crippen LogP contribution in [0, 0.1) is 17.9 Å². The van der Waals surface area contributed by atoms with Crippen LogP contribution in [0.5, 0.6) is 0 Å². The van der Waals surface area contributed by atoms with Gasteiger partial charge in [-0.2, -0.15) is 0 Å². The van der Waals surface area contributed by atoms with Gasteiger partial charge in [0.15, 0.2) is 0 Å². The SMILES string of the molecule is [C-]#[N+]/C(C#N)=C(C)\C=C\C. The predicted molar refractivity (Wildman–Crippen MR) is 39.7 cm³/mol. The summed E-state index contributed by atoms with van der Waals surface area (Å²) in [6, 6.07) is 1.81. The molecule has 0 bridgehead atoms. The Morgan fingerprint density at radius 3 is 2.60 bits per heavy atom. The Morgan fingerprint density at radius 2 is 2.30 bits per heavy atom. The average Bonchev–Trinajstić information content (AvgIpc) is 1.91. The van der Waals surface area contributed by atoms with Gasteiger partial charge in [-0.3, -0.25) is 0 Å². The predicted octanol–water partition coefficient (Wildman–Crippen LogP) is 2.28. The van der Waals surface area contributed by atoms with E-state index in [4.69, 9.17) is 11.8 Å². The molecule has 0 heterocycles. The fourth-order valence-corrected chi connectivity index (χ4v) is 0.530. The van der Waals surface area contributed by atoms with Crippen LogP contribution >= 0.6 is 0 Å². The Kier molecular flexibility index (Phi) is 3.68. The molecule has 0 aliphatic rings. The van der Waals surface area contributed by atoms with Gasteiger partial charge in [0.1, 0.15) is 0 Å². The standard InChI is InChI=1S/C8H8N2/c1-4-5-7(2)8(6-9)10-3/h4-5H,1-2H3/b5-4+,8-7-. The molecule has 50 valence electrons. The molecule has 2 nitrogen and oxygen atoms in total. The van der Waals surface area contributed by atoms with Gasteiger partial charge in [0.2, 0.25) is 0 Å². The van der Waals surface area contributed by atoms with E-state index in [0.29, 0.717) is 0 Å². The van der Waals surface area contributed by atoms with Gasteiger partial charge in [-0.1, -0.05) is 12.2 Å². The van der Waals surface area contributed by atoms with Crippen LogP contribution < -0.4 is 0 Å². The van der Waals surface area contributed by atoms with Crippen LogP contribution in [-0.2, 0) is 0 Å². The summed E-state index contributed by atoms with van der Waals surface area (Å²) in [6.45, 7) is 10.2. The molecule has 0 N–H and O–H groups in total. The number of allylic oxidation sites excluding steroid dienone is 4. The van der Waals surface area contributed by atoms with Gasteiger partial charge in [-0.25, -0.2) is 10.1 Å². The fraction of sp³-hybridized carbons (Fsp3) is 0.250. The molecule has 0 saturated heterocycles. The van der Waals surface area contributed by atoms with Crippen LogP contribution in [0.3, 0.4) is 0 Å². The molecule has 0 aliphatic carbocycles. The van der Waals surface area contributed by atoms with Crippen LogP contribution in [0.2, 0.25) is 0 Å². The highest BCUT2D eigenvalue weighted by molar-refractivity contribution is 5.37. The zero-order chi connectivity index (χ0) is 7.98. The molecule has 0 aliphatic heterocycles. The van der Waals surface area contributed by atoms with Crippen molar-refractivity contribution in [2.24, 2.45) is 0 Å². The lowest BCUT2D eigenvalue weighted by Crippen LogP contribution is -1.74. The summed E-state index contributed by atoms with van der Waals surface area (Å²) in [5, 5.41) is 8.37. The van der Waals surface area contributed by atoms with E-state index in [2.05, 4.69) is 4.85 Å². The first kappa shape index (κ1) is 8.46. The minimum absolute atomic E-state index is 0.165. The molecule has 0 aromatic carbocycles. The molecule has 0 aromatic rings. The maximum absolute atomic E-state index is 8.37. The molecule has 0 rings (SSSR count). The summed E-state index contributed by atoms with van der Waals surface area (Å²) in [4.78, 5) is 3.04. The van der Waals surface area contributed by atoms with Gasteiger partial charge < -0.3 is 0 Å². The van der Waals surface area contributed by atoms with Crippen molar-refractivity contribution in [3.63, 3.8) is 0 Å². The molecule has 0 atom stereocenters. The topological polar surface area (TPSA) is 28.1 Å². The summed E-state index contributed by atoms with van der Waals surface area (Å²) in [7, 11) is 0. The first-order valence-electron chi connectivity index (χ1n) is 2.87. The first-order valence-corrected chi connectivity index (χ1v) is 2.87.